The Morgan fingerprint density at radius 1 is 1.04 bits per heavy atom. The molecular weight excluding hydrogens is 601 g/mol. The third-order valence-corrected chi connectivity index (χ3v) is 9.50. The SMILES string of the molecule is CC[C@H]1CCCN1C(=O)C[C@@H]1NC(=O)C(N)Cc2cccc(c2)Oc2ccc(cc2)C2CC2(C(=O)NCc2ccccc2F)NC1=O. The fourth-order valence-corrected chi connectivity index (χ4v) is 6.75. The minimum Gasteiger partial charge on any atom is -0.457 e. The van der Waals surface area contributed by atoms with E-state index < -0.39 is 47.1 Å². The van der Waals surface area contributed by atoms with Gasteiger partial charge in [0.1, 0.15) is 28.9 Å². The lowest BCUT2D eigenvalue weighted by Crippen LogP contribution is -2.58. The minimum absolute atomic E-state index is 0.0689. The number of nitrogens with zero attached hydrogens (tertiary/aromatic N) is 1. The van der Waals surface area contributed by atoms with E-state index in [-0.39, 0.29) is 37.8 Å². The molecule has 0 aromatic heterocycles. The summed E-state index contributed by atoms with van der Waals surface area (Å²) >= 11 is 0. The maximum absolute atomic E-state index is 14.4. The van der Waals surface area contributed by atoms with Crippen molar-refractivity contribution in [1.82, 2.24) is 20.9 Å². The number of ether oxygens (including phenoxy) is 1. The number of hydrogen-bond donors (Lipinski definition) is 4. The van der Waals surface area contributed by atoms with Crippen LogP contribution in [0.15, 0.2) is 72.8 Å². The summed E-state index contributed by atoms with van der Waals surface area (Å²) in [6, 6.07) is 18.4. The van der Waals surface area contributed by atoms with Gasteiger partial charge >= 0.3 is 0 Å². The largest absolute Gasteiger partial charge is 0.457 e. The van der Waals surface area contributed by atoms with Gasteiger partial charge in [0.05, 0.1) is 12.5 Å². The van der Waals surface area contributed by atoms with Crippen LogP contribution in [0.3, 0.4) is 0 Å². The topological polar surface area (TPSA) is 143 Å². The molecule has 4 aliphatic rings. The zero-order valence-electron chi connectivity index (χ0n) is 26.3. The second-order valence-corrected chi connectivity index (χ2v) is 12.7. The zero-order valence-corrected chi connectivity index (χ0v) is 26.3. The molecule has 0 radical (unpaired) electrons. The molecule has 3 aromatic rings. The molecule has 1 saturated carbocycles. The third kappa shape index (κ3) is 7.00. The Kier molecular flexibility index (Phi) is 9.26. The number of nitrogens with two attached hydrogens (primary N) is 1. The lowest BCUT2D eigenvalue weighted by molar-refractivity contribution is -0.138. The molecule has 3 unspecified atom stereocenters. The lowest BCUT2D eigenvalue weighted by atomic mass is 10.0. The van der Waals surface area contributed by atoms with E-state index >= 15 is 0 Å². The van der Waals surface area contributed by atoms with Gasteiger partial charge in [0.15, 0.2) is 0 Å². The molecule has 10 nitrogen and oxygen atoms in total. The van der Waals surface area contributed by atoms with Crippen molar-refractivity contribution in [3.8, 4) is 11.5 Å². The van der Waals surface area contributed by atoms with Gasteiger partial charge in [-0.25, -0.2) is 4.39 Å². The first kappa shape index (κ1) is 32.2. The number of hydrogen-bond acceptors (Lipinski definition) is 6. The van der Waals surface area contributed by atoms with E-state index in [1.54, 1.807) is 47.4 Å². The van der Waals surface area contributed by atoms with Crippen molar-refractivity contribution in [2.24, 2.45) is 5.73 Å². The van der Waals surface area contributed by atoms with Gasteiger partial charge in [0, 0.05) is 30.6 Å². The number of rotatable bonds is 6. The Morgan fingerprint density at radius 3 is 2.60 bits per heavy atom. The summed E-state index contributed by atoms with van der Waals surface area (Å²) < 4.78 is 20.4. The van der Waals surface area contributed by atoms with Crippen LogP contribution in [0.25, 0.3) is 0 Å². The highest BCUT2D eigenvalue weighted by Gasteiger charge is 2.62. The minimum atomic E-state index is -1.39. The number of amides is 4. The van der Waals surface area contributed by atoms with Gasteiger partial charge in [0.25, 0.3) is 0 Å². The van der Waals surface area contributed by atoms with E-state index in [0.717, 1.165) is 30.4 Å². The Hall–Kier alpha value is -4.77. The quantitative estimate of drug-likeness (QED) is 0.325. The Balaban J connectivity index is 1.32. The first-order valence-electron chi connectivity index (χ1n) is 16.2. The summed E-state index contributed by atoms with van der Waals surface area (Å²) in [6.07, 6.45) is 2.68. The number of benzene rings is 3. The molecule has 0 spiro atoms. The molecular formula is C36H40FN5O5. The summed E-state index contributed by atoms with van der Waals surface area (Å²) in [5.41, 5.74) is 6.79. The van der Waals surface area contributed by atoms with Crippen LogP contribution in [-0.2, 0) is 32.1 Å². The van der Waals surface area contributed by atoms with E-state index in [0.29, 0.717) is 23.6 Å². The predicted octanol–water partition coefficient (Wildman–Crippen LogP) is 3.44. The van der Waals surface area contributed by atoms with Gasteiger partial charge in [-0.3, -0.25) is 19.2 Å². The smallest absolute Gasteiger partial charge is 0.246 e. The van der Waals surface area contributed by atoms with E-state index in [1.807, 2.05) is 31.2 Å². The fraction of sp³-hybridized carbons (Fsp3) is 0.389. The van der Waals surface area contributed by atoms with E-state index in [1.165, 1.54) is 6.07 Å². The summed E-state index contributed by atoms with van der Waals surface area (Å²) in [5, 5.41) is 8.43. The number of halogens is 1. The molecule has 2 fully saturated rings. The standard InChI is InChI=1S/C36H40FN5O5/c1-2-25-9-6-16-42(25)32(43)19-31-34(45)41-36(35(46)39-21-24-8-3-4-11-29(24)37)20-28(36)23-12-14-26(15-13-23)47-27-10-5-7-22(17-27)18-30(38)33(44)40-31/h3-5,7-8,10-15,17,25,28,30-31H,2,6,9,16,18-21,38H2,1H3,(H,39,46)(H,40,44)(H,41,45)/t25-,28?,30?,31-,36?/m0/s1. The van der Waals surface area contributed by atoms with Crippen molar-refractivity contribution < 1.29 is 28.3 Å². The number of fused-ring (bicyclic) bond motifs is 8. The van der Waals surface area contributed by atoms with Crippen molar-refractivity contribution >= 4 is 23.6 Å². The van der Waals surface area contributed by atoms with Crippen LogP contribution in [0.1, 0.15) is 61.6 Å². The Bertz CT molecular complexity index is 1670. The van der Waals surface area contributed by atoms with Gasteiger partial charge in [-0.15, -0.1) is 0 Å². The molecule has 1 saturated heterocycles. The molecule has 5 atom stereocenters. The predicted molar refractivity (Wildman–Crippen MR) is 173 cm³/mol. The fourth-order valence-electron chi connectivity index (χ4n) is 6.75. The molecule has 7 rings (SSSR count). The summed E-state index contributed by atoms with van der Waals surface area (Å²) in [7, 11) is 0. The normalized spacial score (nSPS) is 25.6. The third-order valence-electron chi connectivity index (χ3n) is 9.50. The van der Waals surface area contributed by atoms with Crippen LogP contribution >= 0.6 is 0 Å². The van der Waals surface area contributed by atoms with Crippen LogP contribution in [0, 0.1) is 5.82 Å². The molecule has 4 amide bonds. The number of nitrogens with one attached hydrogen (secondary N) is 3. The van der Waals surface area contributed by atoms with Crippen molar-refractivity contribution in [1.29, 1.82) is 0 Å². The van der Waals surface area contributed by atoms with Crippen LogP contribution in [0.2, 0.25) is 0 Å². The molecule has 246 valence electrons. The van der Waals surface area contributed by atoms with Crippen molar-refractivity contribution in [2.45, 2.75) is 81.6 Å². The summed E-state index contributed by atoms with van der Waals surface area (Å²) in [6.45, 7) is 2.52. The number of likely N-dealkylation sites (tertiary alicyclic amines) is 1. The summed E-state index contributed by atoms with van der Waals surface area (Å²) in [5.74, 6) is -1.74. The molecule has 1 aliphatic carbocycles. The highest BCUT2D eigenvalue weighted by atomic mass is 19.1. The van der Waals surface area contributed by atoms with Gasteiger partial charge in [-0.05, 0) is 73.6 Å². The zero-order chi connectivity index (χ0) is 33.1. The Labute approximate surface area is 273 Å². The highest BCUT2D eigenvalue weighted by molar-refractivity contribution is 6.00. The molecule has 3 aliphatic heterocycles. The molecule has 47 heavy (non-hydrogen) atoms. The number of carbonyl (C=O) groups is 4. The first-order chi connectivity index (χ1) is 22.7. The van der Waals surface area contributed by atoms with Crippen molar-refractivity contribution in [2.75, 3.05) is 6.54 Å². The van der Waals surface area contributed by atoms with Gasteiger partial charge in [0.2, 0.25) is 23.6 Å². The molecule has 11 heteroatoms. The van der Waals surface area contributed by atoms with Gasteiger partial charge in [-0.1, -0.05) is 49.4 Å². The van der Waals surface area contributed by atoms with Gasteiger partial charge < -0.3 is 31.3 Å². The molecule has 4 bridgehead atoms. The van der Waals surface area contributed by atoms with Gasteiger partial charge in [-0.2, -0.15) is 0 Å². The van der Waals surface area contributed by atoms with Crippen molar-refractivity contribution in [3.05, 3.63) is 95.3 Å². The second-order valence-electron chi connectivity index (χ2n) is 12.7. The van der Waals surface area contributed by atoms with Crippen molar-refractivity contribution in [3.63, 3.8) is 0 Å². The maximum atomic E-state index is 14.4. The average Bonchev–Trinajstić information content (AvgIpc) is 3.58. The van der Waals surface area contributed by atoms with Crippen LogP contribution in [-0.4, -0.2) is 58.7 Å². The lowest BCUT2D eigenvalue weighted by Gasteiger charge is -2.28. The van der Waals surface area contributed by atoms with E-state index in [9.17, 15) is 23.6 Å². The maximum Gasteiger partial charge on any atom is 0.246 e. The monoisotopic (exact) mass is 641 g/mol. The van der Waals surface area contributed by atoms with E-state index in [2.05, 4.69) is 16.0 Å². The van der Waals surface area contributed by atoms with Crippen LogP contribution in [0.5, 0.6) is 11.5 Å². The molecule has 3 aromatic carbocycles. The average molecular weight is 642 g/mol. The number of carbonyl (C=O) groups excluding carboxylic acids is 4. The second kappa shape index (κ2) is 13.5. The van der Waals surface area contributed by atoms with Crippen LogP contribution < -0.4 is 26.4 Å². The highest BCUT2D eigenvalue weighted by Crippen LogP contribution is 2.52. The van der Waals surface area contributed by atoms with Crippen LogP contribution in [0.4, 0.5) is 4.39 Å². The first-order valence-corrected chi connectivity index (χ1v) is 16.2. The summed E-state index contributed by atoms with van der Waals surface area (Å²) in [4.78, 5) is 56.7. The molecule has 3 heterocycles. The Morgan fingerprint density at radius 2 is 1.83 bits per heavy atom. The molecule has 5 N–H and O–H groups in total. The van der Waals surface area contributed by atoms with E-state index in [4.69, 9.17) is 10.5 Å².